The van der Waals surface area contributed by atoms with Crippen LogP contribution in [0.25, 0.3) is 0 Å². The molecule has 0 bridgehead atoms. The van der Waals surface area contributed by atoms with Gasteiger partial charge in [0.2, 0.25) is 0 Å². The molecule has 0 aliphatic heterocycles. The van der Waals surface area contributed by atoms with Crippen molar-refractivity contribution in [2.24, 2.45) is 5.73 Å². The van der Waals surface area contributed by atoms with Gasteiger partial charge in [0.1, 0.15) is 12.4 Å². The molecule has 0 saturated carbocycles. The molecule has 1 aromatic rings. The second-order valence-corrected chi connectivity index (χ2v) is 3.87. The van der Waals surface area contributed by atoms with Gasteiger partial charge < -0.3 is 10.5 Å². The molecule has 0 radical (unpaired) electrons. The highest BCUT2D eigenvalue weighted by Crippen LogP contribution is 2.14. The van der Waals surface area contributed by atoms with Crippen LogP contribution in [-0.2, 0) is 17.6 Å². The lowest BCUT2D eigenvalue weighted by atomic mass is 10.2. The number of hydrogen-bond acceptors (Lipinski definition) is 4. The lowest BCUT2D eigenvalue weighted by Crippen LogP contribution is -2.18. The second-order valence-electron chi connectivity index (χ2n) is 3.87. The van der Waals surface area contributed by atoms with Gasteiger partial charge >= 0.3 is 6.18 Å². The summed E-state index contributed by atoms with van der Waals surface area (Å²) in [6.45, 7) is 0.988. The summed E-state index contributed by atoms with van der Waals surface area (Å²) in [6.07, 6.45) is -3.41. The SMILES string of the molecule is Cc1cc(CCN)nc(CCOCC(F)(F)F)n1. The molecular formula is C11H16F3N3O. The van der Waals surface area contributed by atoms with Gasteiger partial charge in [0, 0.05) is 24.2 Å². The van der Waals surface area contributed by atoms with Crippen molar-refractivity contribution in [3.63, 3.8) is 0 Å². The number of alkyl halides is 3. The molecule has 0 aliphatic carbocycles. The Balaban J connectivity index is 2.46. The van der Waals surface area contributed by atoms with E-state index in [9.17, 15) is 13.2 Å². The van der Waals surface area contributed by atoms with Gasteiger partial charge in [-0.15, -0.1) is 0 Å². The maximum atomic E-state index is 11.8. The van der Waals surface area contributed by atoms with Crippen molar-refractivity contribution < 1.29 is 17.9 Å². The van der Waals surface area contributed by atoms with E-state index < -0.39 is 12.8 Å². The summed E-state index contributed by atoms with van der Waals surface area (Å²) in [5.41, 5.74) is 7.00. The normalized spacial score (nSPS) is 11.8. The quantitative estimate of drug-likeness (QED) is 0.788. The van der Waals surface area contributed by atoms with Gasteiger partial charge in [0.15, 0.2) is 0 Å². The third kappa shape index (κ3) is 5.92. The number of aryl methyl sites for hydroxylation is 1. The lowest BCUT2D eigenvalue weighted by Gasteiger charge is -2.08. The van der Waals surface area contributed by atoms with Crippen LogP contribution in [0.3, 0.4) is 0 Å². The molecule has 1 rings (SSSR count). The summed E-state index contributed by atoms with van der Waals surface area (Å²) < 4.78 is 40.0. The van der Waals surface area contributed by atoms with E-state index in [0.717, 1.165) is 11.4 Å². The molecule has 0 aliphatic rings. The van der Waals surface area contributed by atoms with E-state index in [4.69, 9.17) is 5.73 Å². The lowest BCUT2D eigenvalue weighted by molar-refractivity contribution is -0.173. The minimum atomic E-state index is -4.29. The van der Waals surface area contributed by atoms with Gasteiger partial charge in [-0.3, -0.25) is 0 Å². The summed E-state index contributed by atoms with van der Waals surface area (Å²) in [4.78, 5) is 8.34. The molecule has 1 heterocycles. The minimum absolute atomic E-state index is 0.0506. The molecule has 18 heavy (non-hydrogen) atoms. The molecule has 0 fully saturated rings. The summed E-state index contributed by atoms with van der Waals surface area (Å²) in [7, 11) is 0. The van der Waals surface area contributed by atoms with Crippen molar-refractivity contribution in [2.45, 2.75) is 25.9 Å². The number of halogens is 3. The first-order chi connectivity index (χ1) is 8.40. The molecular weight excluding hydrogens is 247 g/mol. The number of rotatable bonds is 6. The zero-order chi connectivity index (χ0) is 13.6. The summed E-state index contributed by atoms with van der Waals surface area (Å²) >= 11 is 0. The Morgan fingerprint density at radius 2 is 2.00 bits per heavy atom. The monoisotopic (exact) mass is 263 g/mol. The van der Waals surface area contributed by atoms with Crippen LogP contribution in [0.4, 0.5) is 13.2 Å². The highest BCUT2D eigenvalue weighted by atomic mass is 19.4. The van der Waals surface area contributed by atoms with E-state index >= 15 is 0 Å². The topological polar surface area (TPSA) is 61.0 Å². The highest BCUT2D eigenvalue weighted by molar-refractivity contribution is 5.10. The summed E-state index contributed by atoms with van der Waals surface area (Å²) in [5.74, 6) is 0.487. The predicted octanol–water partition coefficient (Wildman–Crippen LogP) is 1.41. The van der Waals surface area contributed by atoms with Crippen molar-refractivity contribution in [3.05, 3.63) is 23.3 Å². The zero-order valence-electron chi connectivity index (χ0n) is 10.1. The molecule has 0 unspecified atom stereocenters. The van der Waals surface area contributed by atoms with E-state index in [1.54, 1.807) is 0 Å². The molecule has 0 spiro atoms. The Morgan fingerprint density at radius 3 is 2.61 bits per heavy atom. The van der Waals surface area contributed by atoms with Crippen LogP contribution in [0, 0.1) is 6.92 Å². The van der Waals surface area contributed by atoms with Gasteiger partial charge in [-0.05, 0) is 19.5 Å². The molecule has 1 aromatic heterocycles. The largest absolute Gasteiger partial charge is 0.411 e. The number of ether oxygens (including phenoxy) is 1. The molecule has 102 valence electrons. The van der Waals surface area contributed by atoms with Crippen molar-refractivity contribution in [2.75, 3.05) is 19.8 Å². The van der Waals surface area contributed by atoms with Gasteiger partial charge in [-0.25, -0.2) is 9.97 Å². The Morgan fingerprint density at radius 1 is 1.28 bits per heavy atom. The van der Waals surface area contributed by atoms with Crippen LogP contribution in [0.1, 0.15) is 17.2 Å². The van der Waals surface area contributed by atoms with Crippen molar-refractivity contribution in [3.8, 4) is 0 Å². The third-order valence-electron chi connectivity index (χ3n) is 2.09. The fraction of sp³-hybridized carbons (Fsp3) is 0.636. The van der Waals surface area contributed by atoms with E-state index in [1.165, 1.54) is 0 Å². The van der Waals surface area contributed by atoms with Crippen molar-refractivity contribution in [1.82, 2.24) is 9.97 Å². The molecule has 0 amide bonds. The first-order valence-corrected chi connectivity index (χ1v) is 5.58. The smallest absolute Gasteiger partial charge is 0.372 e. The van der Waals surface area contributed by atoms with E-state index in [-0.39, 0.29) is 13.0 Å². The molecule has 0 atom stereocenters. The summed E-state index contributed by atoms with van der Waals surface area (Å²) in [5, 5.41) is 0. The van der Waals surface area contributed by atoms with E-state index in [1.807, 2.05) is 13.0 Å². The Labute approximate surface area is 103 Å². The number of nitrogens with zero attached hydrogens (tertiary/aromatic N) is 2. The average Bonchev–Trinajstić information content (AvgIpc) is 2.23. The van der Waals surface area contributed by atoms with Crippen LogP contribution < -0.4 is 5.73 Å². The number of hydrogen-bond donors (Lipinski definition) is 1. The fourth-order valence-corrected chi connectivity index (χ4v) is 1.44. The number of nitrogens with two attached hydrogens (primary N) is 1. The first-order valence-electron chi connectivity index (χ1n) is 5.58. The van der Waals surface area contributed by atoms with Crippen LogP contribution in [0.2, 0.25) is 0 Å². The Bertz CT molecular complexity index is 382. The molecule has 0 saturated heterocycles. The zero-order valence-corrected chi connectivity index (χ0v) is 10.1. The first kappa shape index (κ1) is 14.8. The fourth-order valence-electron chi connectivity index (χ4n) is 1.44. The Hall–Kier alpha value is -1.21. The summed E-state index contributed by atoms with van der Waals surface area (Å²) in [6, 6.07) is 1.81. The highest BCUT2D eigenvalue weighted by Gasteiger charge is 2.27. The van der Waals surface area contributed by atoms with Gasteiger partial charge in [0.05, 0.1) is 6.61 Å². The Kier molecular flexibility index (Phi) is 5.49. The third-order valence-corrected chi connectivity index (χ3v) is 2.09. The predicted molar refractivity (Wildman–Crippen MR) is 60.1 cm³/mol. The van der Waals surface area contributed by atoms with Crippen LogP contribution in [0.15, 0.2) is 6.07 Å². The van der Waals surface area contributed by atoms with E-state index in [0.29, 0.717) is 18.8 Å². The van der Waals surface area contributed by atoms with Gasteiger partial charge in [-0.2, -0.15) is 13.2 Å². The maximum absolute atomic E-state index is 11.8. The molecule has 2 N–H and O–H groups in total. The minimum Gasteiger partial charge on any atom is -0.372 e. The van der Waals surface area contributed by atoms with Crippen LogP contribution in [0.5, 0.6) is 0 Å². The second kappa shape index (κ2) is 6.65. The average molecular weight is 263 g/mol. The molecule has 0 aromatic carbocycles. The van der Waals surface area contributed by atoms with E-state index in [2.05, 4.69) is 14.7 Å². The maximum Gasteiger partial charge on any atom is 0.411 e. The van der Waals surface area contributed by atoms with Crippen LogP contribution in [-0.4, -0.2) is 35.9 Å². The number of aromatic nitrogens is 2. The van der Waals surface area contributed by atoms with Crippen LogP contribution >= 0.6 is 0 Å². The van der Waals surface area contributed by atoms with Gasteiger partial charge in [-0.1, -0.05) is 0 Å². The van der Waals surface area contributed by atoms with Crippen molar-refractivity contribution >= 4 is 0 Å². The molecule has 7 heteroatoms. The van der Waals surface area contributed by atoms with Gasteiger partial charge in [0.25, 0.3) is 0 Å². The van der Waals surface area contributed by atoms with Crippen molar-refractivity contribution in [1.29, 1.82) is 0 Å². The standard InChI is InChI=1S/C11H16F3N3O/c1-8-6-9(2-4-15)17-10(16-8)3-5-18-7-11(12,13)14/h6H,2-5,7,15H2,1H3. The molecule has 4 nitrogen and oxygen atoms in total.